The second kappa shape index (κ2) is 13.9. The van der Waals surface area contributed by atoms with Gasteiger partial charge >= 0.3 is 0 Å². The molecule has 0 aromatic heterocycles. The summed E-state index contributed by atoms with van der Waals surface area (Å²) in [6.07, 6.45) is 5.05. The Morgan fingerprint density at radius 2 is 1.88 bits per heavy atom. The standard InChI is InChI=1S/C10H19NOS.2C2H6/c1-9-5-6-11(8-9)10(12)4-3-7-13-2;2*1-2/h9H,3-8H2,1-2H3;2*1-2H3. The summed E-state index contributed by atoms with van der Waals surface area (Å²) in [5, 5.41) is 0. The molecule has 1 rings (SSSR count). The maximum atomic E-state index is 11.6. The van der Waals surface area contributed by atoms with Gasteiger partial charge in [0.2, 0.25) is 5.91 Å². The van der Waals surface area contributed by atoms with Crippen molar-refractivity contribution in [2.75, 3.05) is 25.1 Å². The van der Waals surface area contributed by atoms with Crippen molar-refractivity contribution in [1.29, 1.82) is 0 Å². The molecule has 0 aromatic carbocycles. The monoisotopic (exact) mass is 261 g/mol. The predicted octanol–water partition coefficient (Wildman–Crippen LogP) is 4.05. The van der Waals surface area contributed by atoms with E-state index in [1.807, 2.05) is 44.4 Å². The summed E-state index contributed by atoms with van der Waals surface area (Å²) in [6.45, 7) is 12.2. The third kappa shape index (κ3) is 9.51. The highest BCUT2D eigenvalue weighted by atomic mass is 32.2. The first-order valence-electron chi connectivity index (χ1n) is 7.00. The van der Waals surface area contributed by atoms with Gasteiger partial charge in [-0.1, -0.05) is 34.6 Å². The highest BCUT2D eigenvalue weighted by Crippen LogP contribution is 2.16. The molecule has 0 spiro atoms. The Morgan fingerprint density at radius 3 is 2.29 bits per heavy atom. The van der Waals surface area contributed by atoms with Crippen molar-refractivity contribution in [3.05, 3.63) is 0 Å². The molecule has 1 aliphatic heterocycles. The molecule has 3 heteroatoms. The molecule has 0 N–H and O–H groups in total. The SMILES string of the molecule is CC.CC.CSCCCC(=O)N1CCC(C)C1. The molecule has 0 aromatic rings. The molecule has 2 nitrogen and oxygen atoms in total. The van der Waals surface area contributed by atoms with Gasteiger partial charge in [-0.25, -0.2) is 0 Å². The van der Waals surface area contributed by atoms with Crippen molar-refractivity contribution in [2.24, 2.45) is 5.92 Å². The average Bonchev–Trinajstić information content (AvgIpc) is 2.81. The lowest BCUT2D eigenvalue weighted by Gasteiger charge is -2.15. The number of carbonyl (C=O) groups excluding carboxylic acids is 1. The van der Waals surface area contributed by atoms with Gasteiger partial charge in [-0.15, -0.1) is 0 Å². The van der Waals surface area contributed by atoms with E-state index in [1.54, 1.807) is 0 Å². The van der Waals surface area contributed by atoms with Crippen LogP contribution in [0.5, 0.6) is 0 Å². The average molecular weight is 261 g/mol. The van der Waals surface area contributed by atoms with E-state index < -0.39 is 0 Å². The van der Waals surface area contributed by atoms with E-state index in [9.17, 15) is 4.79 Å². The fourth-order valence-corrected chi connectivity index (χ4v) is 2.12. The number of hydrogen-bond acceptors (Lipinski definition) is 2. The summed E-state index contributed by atoms with van der Waals surface area (Å²) in [5.74, 6) is 2.18. The van der Waals surface area contributed by atoms with Crippen LogP contribution in [-0.2, 0) is 4.79 Å². The van der Waals surface area contributed by atoms with E-state index in [2.05, 4.69) is 13.2 Å². The van der Waals surface area contributed by atoms with Gasteiger partial charge in [-0.05, 0) is 30.8 Å². The number of thioether (sulfide) groups is 1. The van der Waals surface area contributed by atoms with Crippen molar-refractivity contribution in [1.82, 2.24) is 4.90 Å². The quantitative estimate of drug-likeness (QED) is 0.712. The zero-order valence-corrected chi connectivity index (χ0v) is 13.4. The lowest BCUT2D eigenvalue weighted by atomic mass is 10.2. The van der Waals surface area contributed by atoms with Crippen LogP contribution in [0.25, 0.3) is 0 Å². The van der Waals surface area contributed by atoms with Gasteiger partial charge in [0.1, 0.15) is 0 Å². The summed E-state index contributed by atoms with van der Waals surface area (Å²) in [5.41, 5.74) is 0. The van der Waals surface area contributed by atoms with Crippen molar-refractivity contribution < 1.29 is 4.79 Å². The number of rotatable bonds is 4. The van der Waals surface area contributed by atoms with Gasteiger partial charge in [0, 0.05) is 19.5 Å². The van der Waals surface area contributed by atoms with E-state index >= 15 is 0 Å². The van der Waals surface area contributed by atoms with Crippen LogP contribution in [0.15, 0.2) is 0 Å². The van der Waals surface area contributed by atoms with Crippen molar-refractivity contribution in [2.45, 2.75) is 53.9 Å². The predicted molar refractivity (Wildman–Crippen MR) is 80.7 cm³/mol. The van der Waals surface area contributed by atoms with Gasteiger partial charge in [-0.2, -0.15) is 11.8 Å². The number of amides is 1. The molecule has 1 unspecified atom stereocenters. The Labute approximate surface area is 113 Å². The maximum absolute atomic E-state index is 11.6. The molecular formula is C14H31NOS. The van der Waals surface area contributed by atoms with Crippen LogP contribution >= 0.6 is 11.8 Å². The molecule has 104 valence electrons. The van der Waals surface area contributed by atoms with Crippen LogP contribution in [0.4, 0.5) is 0 Å². The van der Waals surface area contributed by atoms with Gasteiger partial charge in [0.25, 0.3) is 0 Å². The molecule has 17 heavy (non-hydrogen) atoms. The zero-order chi connectivity index (χ0) is 13.7. The van der Waals surface area contributed by atoms with Crippen LogP contribution < -0.4 is 0 Å². The summed E-state index contributed by atoms with van der Waals surface area (Å²) < 4.78 is 0. The Hall–Kier alpha value is -0.180. The number of hydrogen-bond donors (Lipinski definition) is 0. The van der Waals surface area contributed by atoms with Gasteiger partial charge < -0.3 is 4.90 Å². The highest BCUT2D eigenvalue weighted by Gasteiger charge is 2.22. The zero-order valence-electron chi connectivity index (χ0n) is 12.6. The summed E-state index contributed by atoms with van der Waals surface area (Å²) in [6, 6.07) is 0. The third-order valence-corrected chi connectivity index (χ3v) is 3.21. The Morgan fingerprint density at radius 1 is 1.29 bits per heavy atom. The Balaban J connectivity index is 0. The minimum absolute atomic E-state index is 0.360. The molecule has 1 aliphatic rings. The van der Waals surface area contributed by atoms with Crippen molar-refractivity contribution in [3.63, 3.8) is 0 Å². The van der Waals surface area contributed by atoms with Crippen molar-refractivity contribution in [3.8, 4) is 0 Å². The van der Waals surface area contributed by atoms with Crippen LogP contribution in [0, 0.1) is 5.92 Å². The van der Waals surface area contributed by atoms with E-state index in [4.69, 9.17) is 0 Å². The summed E-state index contributed by atoms with van der Waals surface area (Å²) >= 11 is 1.82. The lowest BCUT2D eigenvalue weighted by molar-refractivity contribution is -0.130. The van der Waals surface area contributed by atoms with Gasteiger partial charge in [0.05, 0.1) is 0 Å². The molecule has 0 radical (unpaired) electrons. The van der Waals surface area contributed by atoms with E-state index in [-0.39, 0.29) is 0 Å². The molecule has 0 bridgehead atoms. The van der Waals surface area contributed by atoms with Crippen LogP contribution in [0.3, 0.4) is 0 Å². The highest BCUT2D eigenvalue weighted by molar-refractivity contribution is 7.98. The largest absolute Gasteiger partial charge is 0.342 e. The number of carbonyl (C=O) groups is 1. The smallest absolute Gasteiger partial charge is 0.222 e. The second-order valence-electron chi connectivity index (χ2n) is 3.83. The fraction of sp³-hybridized carbons (Fsp3) is 0.929. The third-order valence-electron chi connectivity index (χ3n) is 2.52. The van der Waals surface area contributed by atoms with Gasteiger partial charge in [-0.3, -0.25) is 4.79 Å². The Bertz CT molecular complexity index is 174. The van der Waals surface area contributed by atoms with E-state index in [1.165, 1.54) is 6.42 Å². The molecule has 1 amide bonds. The molecule has 0 saturated carbocycles. The molecule has 0 aliphatic carbocycles. The summed E-state index contributed by atoms with van der Waals surface area (Å²) in [4.78, 5) is 13.6. The van der Waals surface area contributed by atoms with E-state index in [0.717, 1.165) is 31.7 Å². The van der Waals surface area contributed by atoms with Crippen LogP contribution in [0.1, 0.15) is 53.9 Å². The summed E-state index contributed by atoms with van der Waals surface area (Å²) in [7, 11) is 0. The van der Waals surface area contributed by atoms with E-state index in [0.29, 0.717) is 11.8 Å². The molecule has 1 atom stereocenters. The van der Waals surface area contributed by atoms with Crippen LogP contribution in [-0.4, -0.2) is 35.9 Å². The fourth-order valence-electron chi connectivity index (χ4n) is 1.69. The maximum Gasteiger partial charge on any atom is 0.222 e. The first-order valence-corrected chi connectivity index (χ1v) is 8.40. The second-order valence-corrected chi connectivity index (χ2v) is 4.82. The number of nitrogens with zero attached hydrogens (tertiary/aromatic N) is 1. The molecule has 1 fully saturated rings. The minimum Gasteiger partial charge on any atom is -0.342 e. The lowest BCUT2D eigenvalue weighted by Crippen LogP contribution is -2.28. The van der Waals surface area contributed by atoms with Crippen LogP contribution in [0.2, 0.25) is 0 Å². The molecular weight excluding hydrogens is 230 g/mol. The topological polar surface area (TPSA) is 20.3 Å². The number of likely N-dealkylation sites (tertiary alicyclic amines) is 1. The minimum atomic E-state index is 0.360. The Kier molecular flexibility index (Phi) is 15.7. The van der Waals surface area contributed by atoms with Gasteiger partial charge in [0.15, 0.2) is 0 Å². The first kappa shape index (κ1) is 19.2. The molecule has 1 saturated heterocycles. The van der Waals surface area contributed by atoms with Crippen molar-refractivity contribution >= 4 is 17.7 Å². The molecule has 1 heterocycles. The first-order chi connectivity index (χ1) is 8.24. The normalized spacial score (nSPS) is 17.8.